The highest BCUT2D eigenvalue weighted by Gasteiger charge is 2.28. The van der Waals surface area contributed by atoms with Crippen LogP contribution in [0.25, 0.3) is 0 Å². The lowest BCUT2D eigenvalue weighted by atomic mass is 10.1. The lowest BCUT2D eigenvalue weighted by Crippen LogP contribution is -2.28. The summed E-state index contributed by atoms with van der Waals surface area (Å²) in [7, 11) is 0. The summed E-state index contributed by atoms with van der Waals surface area (Å²) in [5.41, 5.74) is 0.690. The van der Waals surface area contributed by atoms with E-state index in [1.807, 2.05) is 13.8 Å². The quantitative estimate of drug-likeness (QED) is 0.863. The van der Waals surface area contributed by atoms with Crippen LogP contribution in [0.3, 0.4) is 0 Å². The van der Waals surface area contributed by atoms with Gasteiger partial charge in [0.15, 0.2) is 11.0 Å². The lowest BCUT2D eigenvalue weighted by Gasteiger charge is -2.13. The molecule has 1 N–H and O–H groups in total. The van der Waals surface area contributed by atoms with Crippen molar-refractivity contribution in [3.8, 4) is 0 Å². The number of anilines is 1. The average Bonchev–Trinajstić information content (AvgIpc) is 3.05. The van der Waals surface area contributed by atoms with Gasteiger partial charge in [-0.15, -0.1) is 0 Å². The van der Waals surface area contributed by atoms with Crippen LogP contribution in [0, 0.1) is 6.92 Å². The highest BCUT2D eigenvalue weighted by molar-refractivity contribution is 7.99. The van der Waals surface area contributed by atoms with Gasteiger partial charge in [0.2, 0.25) is 5.91 Å². The number of fused-ring (bicyclic) bond motifs is 1. The van der Waals surface area contributed by atoms with Gasteiger partial charge in [0.05, 0.1) is 11.7 Å². The molecular formula is C15H18N4O3S. The summed E-state index contributed by atoms with van der Waals surface area (Å²) >= 11 is 1.51. The Labute approximate surface area is 137 Å². The van der Waals surface area contributed by atoms with Gasteiger partial charge in [-0.2, -0.15) is 0 Å². The molecule has 0 aliphatic carbocycles. The van der Waals surface area contributed by atoms with Crippen molar-refractivity contribution in [2.24, 2.45) is 0 Å². The van der Waals surface area contributed by atoms with Crippen molar-refractivity contribution < 1.29 is 9.32 Å². The summed E-state index contributed by atoms with van der Waals surface area (Å²) in [6.45, 7) is 5.76. The van der Waals surface area contributed by atoms with Crippen molar-refractivity contribution in [3.05, 3.63) is 33.9 Å². The summed E-state index contributed by atoms with van der Waals surface area (Å²) < 4.78 is 6.53. The molecule has 1 aliphatic heterocycles. The Morgan fingerprint density at radius 1 is 1.52 bits per heavy atom. The van der Waals surface area contributed by atoms with E-state index in [0.717, 1.165) is 5.69 Å². The Bertz CT molecular complexity index is 796. The largest absolute Gasteiger partial charge is 0.360 e. The second kappa shape index (κ2) is 6.19. The predicted molar refractivity (Wildman–Crippen MR) is 86.8 cm³/mol. The first-order valence-electron chi connectivity index (χ1n) is 7.43. The van der Waals surface area contributed by atoms with Crippen LogP contribution in [0.15, 0.2) is 26.6 Å². The highest BCUT2D eigenvalue weighted by atomic mass is 32.2. The maximum absolute atomic E-state index is 12.3. The Morgan fingerprint density at radius 2 is 2.30 bits per heavy atom. The monoisotopic (exact) mass is 334 g/mol. The topological polar surface area (TPSA) is 90.0 Å². The van der Waals surface area contributed by atoms with Gasteiger partial charge in [-0.25, -0.2) is 4.98 Å². The molecule has 2 aromatic rings. The van der Waals surface area contributed by atoms with E-state index >= 15 is 0 Å². The van der Waals surface area contributed by atoms with Crippen molar-refractivity contribution in [3.63, 3.8) is 0 Å². The fourth-order valence-corrected chi connectivity index (χ4v) is 3.61. The van der Waals surface area contributed by atoms with Crippen molar-refractivity contribution in [1.29, 1.82) is 0 Å². The van der Waals surface area contributed by atoms with Crippen molar-refractivity contribution >= 4 is 23.5 Å². The van der Waals surface area contributed by atoms with Gasteiger partial charge >= 0.3 is 0 Å². The summed E-state index contributed by atoms with van der Waals surface area (Å²) in [5.74, 6) is 1.68. The van der Waals surface area contributed by atoms with Crippen LogP contribution in [-0.2, 0) is 4.79 Å². The molecule has 8 heteroatoms. The van der Waals surface area contributed by atoms with E-state index in [-0.39, 0.29) is 29.8 Å². The van der Waals surface area contributed by atoms with Crippen molar-refractivity contribution in [2.75, 3.05) is 11.1 Å². The second-order valence-electron chi connectivity index (χ2n) is 5.87. The van der Waals surface area contributed by atoms with E-state index in [1.165, 1.54) is 11.8 Å². The zero-order valence-corrected chi connectivity index (χ0v) is 14.0. The summed E-state index contributed by atoms with van der Waals surface area (Å²) in [6, 6.07) is 3.02. The fraction of sp³-hybridized carbons (Fsp3) is 0.467. The van der Waals surface area contributed by atoms with Crippen LogP contribution in [-0.4, -0.2) is 26.4 Å². The molecule has 0 saturated carbocycles. The number of hydrogen-bond acceptors (Lipinski definition) is 6. The lowest BCUT2D eigenvalue weighted by molar-refractivity contribution is -0.116. The highest BCUT2D eigenvalue weighted by Crippen LogP contribution is 2.32. The molecule has 0 bridgehead atoms. The molecule has 1 amide bonds. The van der Waals surface area contributed by atoms with Gasteiger partial charge in [0.1, 0.15) is 5.76 Å². The SMILES string of the molecule is Cc1cc(NC(=O)CC2CSc3nc(C(C)C)cc(=O)n32)no1. The minimum atomic E-state index is -0.198. The Morgan fingerprint density at radius 3 is 2.96 bits per heavy atom. The molecular weight excluding hydrogens is 316 g/mol. The normalized spacial score (nSPS) is 16.6. The van der Waals surface area contributed by atoms with Gasteiger partial charge in [-0.1, -0.05) is 30.8 Å². The molecule has 0 fully saturated rings. The third kappa shape index (κ3) is 3.31. The number of carbonyl (C=O) groups excluding carboxylic acids is 1. The molecule has 0 spiro atoms. The van der Waals surface area contributed by atoms with Gasteiger partial charge in [-0.3, -0.25) is 14.2 Å². The van der Waals surface area contributed by atoms with Gasteiger partial charge < -0.3 is 9.84 Å². The number of hydrogen-bond donors (Lipinski definition) is 1. The number of amides is 1. The molecule has 0 saturated heterocycles. The minimum Gasteiger partial charge on any atom is -0.360 e. The molecule has 1 aliphatic rings. The maximum atomic E-state index is 12.3. The van der Waals surface area contributed by atoms with E-state index in [9.17, 15) is 9.59 Å². The Kier molecular flexibility index (Phi) is 4.25. The number of thioether (sulfide) groups is 1. The third-order valence-corrected chi connectivity index (χ3v) is 4.72. The van der Waals surface area contributed by atoms with Gasteiger partial charge in [0.25, 0.3) is 5.56 Å². The molecule has 2 aromatic heterocycles. The van der Waals surface area contributed by atoms with Crippen LogP contribution in [0.5, 0.6) is 0 Å². The smallest absolute Gasteiger partial charge is 0.254 e. The first-order valence-corrected chi connectivity index (χ1v) is 8.42. The summed E-state index contributed by atoms with van der Waals surface area (Å²) in [5, 5.41) is 7.10. The first-order chi connectivity index (χ1) is 10.9. The molecule has 1 unspecified atom stereocenters. The molecule has 0 aromatic carbocycles. The molecule has 1 atom stereocenters. The van der Waals surface area contributed by atoms with Crippen LogP contribution in [0.1, 0.15) is 43.7 Å². The van der Waals surface area contributed by atoms with E-state index in [0.29, 0.717) is 22.5 Å². The second-order valence-corrected chi connectivity index (χ2v) is 6.85. The Balaban J connectivity index is 1.75. The average molecular weight is 334 g/mol. The van der Waals surface area contributed by atoms with Crippen LogP contribution >= 0.6 is 11.8 Å². The first kappa shape index (κ1) is 15.8. The standard InChI is InChI=1S/C15H18N4O3S/c1-8(2)11-6-14(21)19-10(7-23-15(19)16-11)5-13(20)17-12-4-9(3)22-18-12/h4,6,8,10H,5,7H2,1-3H3,(H,17,18,20). The number of rotatable bonds is 4. The summed E-state index contributed by atoms with van der Waals surface area (Å²) in [4.78, 5) is 29.0. The molecule has 7 nitrogen and oxygen atoms in total. The van der Waals surface area contributed by atoms with Crippen LogP contribution in [0.4, 0.5) is 5.82 Å². The van der Waals surface area contributed by atoms with E-state index in [1.54, 1.807) is 23.6 Å². The van der Waals surface area contributed by atoms with Crippen LogP contribution < -0.4 is 10.9 Å². The van der Waals surface area contributed by atoms with Gasteiger partial charge in [-0.05, 0) is 12.8 Å². The zero-order chi connectivity index (χ0) is 16.6. The number of nitrogens with one attached hydrogen (secondary N) is 1. The Hall–Kier alpha value is -2.09. The molecule has 122 valence electrons. The maximum Gasteiger partial charge on any atom is 0.254 e. The molecule has 3 heterocycles. The number of nitrogens with zero attached hydrogens (tertiary/aromatic N) is 3. The van der Waals surface area contributed by atoms with Crippen molar-refractivity contribution in [2.45, 2.75) is 44.3 Å². The molecule has 23 heavy (non-hydrogen) atoms. The number of aryl methyl sites for hydroxylation is 1. The number of aromatic nitrogens is 3. The third-order valence-electron chi connectivity index (χ3n) is 3.62. The number of carbonyl (C=O) groups is 1. The predicted octanol–water partition coefficient (Wildman–Crippen LogP) is 2.34. The van der Waals surface area contributed by atoms with Crippen LogP contribution in [0.2, 0.25) is 0 Å². The van der Waals surface area contributed by atoms with E-state index in [4.69, 9.17) is 4.52 Å². The fourth-order valence-electron chi connectivity index (χ4n) is 2.45. The van der Waals surface area contributed by atoms with Crippen molar-refractivity contribution in [1.82, 2.24) is 14.7 Å². The summed E-state index contributed by atoms with van der Waals surface area (Å²) in [6.07, 6.45) is 0.203. The van der Waals surface area contributed by atoms with E-state index in [2.05, 4.69) is 15.5 Å². The van der Waals surface area contributed by atoms with Gasteiger partial charge in [0, 0.05) is 24.3 Å². The molecule has 0 radical (unpaired) electrons. The molecule has 3 rings (SSSR count). The zero-order valence-electron chi connectivity index (χ0n) is 13.2. The van der Waals surface area contributed by atoms with E-state index < -0.39 is 0 Å². The minimum absolute atomic E-state index is 0.0984.